The zero-order valence-electron chi connectivity index (χ0n) is 10.6. The van der Waals surface area contributed by atoms with Crippen LogP contribution in [0.2, 0.25) is 0 Å². The maximum atomic E-state index is 5.56. The third kappa shape index (κ3) is 4.96. The molecule has 1 rings (SSSR count). The van der Waals surface area contributed by atoms with E-state index in [2.05, 4.69) is 36.1 Å². The summed E-state index contributed by atoms with van der Waals surface area (Å²) in [6, 6.07) is 0. The summed E-state index contributed by atoms with van der Waals surface area (Å²) in [4.78, 5) is 8.35. The van der Waals surface area contributed by atoms with Gasteiger partial charge in [-0.25, -0.2) is 0 Å². The Morgan fingerprint density at radius 3 is 2.69 bits per heavy atom. The van der Waals surface area contributed by atoms with Crippen molar-refractivity contribution in [2.75, 3.05) is 18.5 Å². The summed E-state index contributed by atoms with van der Waals surface area (Å²) in [5.74, 6) is 1.35. The first-order valence-corrected chi connectivity index (χ1v) is 5.70. The van der Waals surface area contributed by atoms with Gasteiger partial charge < -0.3 is 10.1 Å². The number of hydrogen-bond acceptors (Lipinski definition) is 4. The van der Waals surface area contributed by atoms with Gasteiger partial charge >= 0.3 is 0 Å². The summed E-state index contributed by atoms with van der Waals surface area (Å²) >= 11 is 0. The van der Waals surface area contributed by atoms with Crippen molar-refractivity contribution in [1.29, 1.82) is 0 Å². The molecular weight excluding hydrogens is 202 g/mol. The number of aromatic nitrogens is 2. The summed E-state index contributed by atoms with van der Waals surface area (Å²) in [6.45, 7) is 10.1. The minimum absolute atomic E-state index is 0.284. The van der Waals surface area contributed by atoms with Crippen LogP contribution >= 0.6 is 0 Å². The Bertz CT molecular complexity index is 320. The highest BCUT2D eigenvalue weighted by atomic mass is 16.5. The van der Waals surface area contributed by atoms with Gasteiger partial charge in [0.15, 0.2) is 0 Å². The quantitative estimate of drug-likeness (QED) is 0.833. The second-order valence-corrected chi connectivity index (χ2v) is 4.93. The average molecular weight is 223 g/mol. The summed E-state index contributed by atoms with van der Waals surface area (Å²) < 4.78 is 5.56. The highest BCUT2D eigenvalue weighted by Crippen LogP contribution is 2.18. The lowest BCUT2D eigenvalue weighted by atomic mass is 9.93. The van der Waals surface area contributed by atoms with Gasteiger partial charge in [-0.15, -0.1) is 0 Å². The molecule has 0 aliphatic carbocycles. The van der Waals surface area contributed by atoms with Crippen molar-refractivity contribution in [3.8, 4) is 5.88 Å². The highest BCUT2D eigenvalue weighted by molar-refractivity contribution is 5.32. The molecular formula is C12H21N3O. The molecule has 0 aliphatic rings. The van der Waals surface area contributed by atoms with E-state index in [4.69, 9.17) is 4.74 Å². The largest absolute Gasteiger partial charge is 0.477 e. The molecule has 0 radical (unpaired) electrons. The fraction of sp³-hybridized carbons (Fsp3) is 0.667. The zero-order chi connectivity index (χ0) is 12.0. The molecule has 1 N–H and O–H groups in total. The number of hydrogen-bond donors (Lipinski definition) is 1. The van der Waals surface area contributed by atoms with Gasteiger partial charge in [-0.1, -0.05) is 20.8 Å². The third-order valence-electron chi connectivity index (χ3n) is 2.07. The molecule has 4 heteroatoms. The normalized spacial score (nSPS) is 11.2. The SMILES string of the molecule is CCNc1cncc(OCCC(C)(C)C)n1. The van der Waals surface area contributed by atoms with E-state index >= 15 is 0 Å². The van der Waals surface area contributed by atoms with Crippen molar-refractivity contribution in [3.63, 3.8) is 0 Å². The van der Waals surface area contributed by atoms with E-state index in [1.165, 1.54) is 0 Å². The molecule has 90 valence electrons. The molecule has 1 aromatic heterocycles. The Morgan fingerprint density at radius 1 is 1.31 bits per heavy atom. The van der Waals surface area contributed by atoms with Crippen LogP contribution in [0, 0.1) is 5.41 Å². The standard InChI is InChI=1S/C12H21N3O/c1-5-14-10-8-13-9-11(15-10)16-7-6-12(2,3)4/h8-9H,5-7H2,1-4H3,(H,14,15). The van der Waals surface area contributed by atoms with Crippen molar-refractivity contribution in [1.82, 2.24) is 9.97 Å². The van der Waals surface area contributed by atoms with Gasteiger partial charge in [0.25, 0.3) is 0 Å². The van der Waals surface area contributed by atoms with Crippen LogP contribution < -0.4 is 10.1 Å². The molecule has 0 unspecified atom stereocenters. The number of anilines is 1. The highest BCUT2D eigenvalue weighted by Gasteiger charge is 2.10. The van der Waals surface area contributed by atoms with Gasteiger partial charge in [0.05, 0.1) is 19.0 Å². The summed E-state index contributed by atoms with van der Waals surface area (Å²) in [6.07, 6.45) is 4.34. The summed E-state index contributed by atoms with van der Waals surface area (Å²) in [5, 5.41) is 3.10. The Balaban J connectivity index is 2.44. The number of nitrogens with zero attached hydrogens (tertiary/aromatic N) is 2. The molecule has 1 aromatic rings. The Kier molecular flexibility index (Phi) is 4.52. The number of rotatable bonds is 5. The van der Waals surface area contributed by atoms with Crippen molar-refractivity contribution < 1.29 is 4.74 Å². The van der Waals surface area contributed by atoms with Crippen LogP contribution in [0.1, 0.15) is 34.1 Å². The van der Waals surface area contributed by atoms with Crippen LogP contribution in [0.4, 0.5) is 5.82 Å². The van der Waals surface area contributed by atoms with Crippen molar-refractivity contribution in [2.24, 2.45) is 5.41 Å². The number of nitrogens with one attached hydrogen (secondary N) is 1. The van der Waals surface area contributed by atoms with Crippen LogP contribution in [0.3, 0.4) is 0 Å². The zero-order valence-corrected chi connectivity index (χ0v) is 10.6. The molecule has 0 aromatic carbocycles. The summed E-state index contributed by atoms with van der Waals surface area (Å²) in [5.41, 5.74) is 0.284. The molecule has 1 heterocycles. The smallest absolute Gasteiger partial charge is 0.234 e. The number of ether oxygens (including phenoxy) is 1. The lowest BCUT2D eigenvalue weighted by Crippen LogP contribution is -2.12. The van der Waals surface area contributed by atoms with Gasteiger partial charge in [-0.2, -0.15) is 4.98 Å². The summed E-state index contributed by atoms with van der Waals surface area (Å²) in [7, 11) is 0. The minimum Gasteiger partial charge on any atom is -0.477 e. The van der Waals surface area contributed by atoms with Crippen molar-refractivity contribution >= 4 is 5.82 Å². The maximum absolute atomic E-state index is 5.56. The molecule has 16 heavy (non-hydrogen) atoms. The molecule has 4 nitrogen and oxygen atoms in total. The topological polar surface area (TPSA) is 47.0 Å². The molecule has 0 aliphatic heterocycles. The molecule has 0 fully saturated rings. The first-order chi connectivity index (χ1) is 7.51. The lowest BCUT2D eigenvalue weighted by molar-refractivity contribution is 0.236. The Labute approximate surface area is 97.5 Å². The van der Waals surface area contributed by atoms with E-state index in [0.717, 1.165) is 18.8 Å². The van der Waals surface area contributed by atoms with Gasteiger partial charge in [-0.05, 0) is 18.8 Å². The van der Waals surface area contributed by atoms with E-state index in [0.29, 0.717) is 12.5 Å². The molecule has 0 bridgehead atoms. The van der Waals surface area contributed by atoms with Crippen LogP contribution in [0.5, 0.6) is 5.88 Å². The van der Waals surface area contributed by atoms with Crippen LogP contribution in [-0.4, -0.2) is 23.1 Å². The molecule has 0 atom stereocenters. The van der Waals surface area contributed by atoms with Crippen LogP contribution in [0.25, 0.3) is 0 Å². The van der Waals surface area contributed by atoms with Crippen LogP contribution in [0.15, 0.2) is 12.4 Å². The minimum atomic E-state index is 0.284. The predicted octanol–water partition coefficient (Wildman–Crippen LogP) is 2.72. The molecule has 0 saturated carbocycles. The third-order valence-corrected chi connectivity index (χ3v) is 2.07. The molecule has 0 amide bonds. The van der Waals surface area contributed by atoms with Gasteiger partial charge in [0, 0.05) is 6.54 Å². The maximum Gasteiger partial charge on any atom is 0.234 e. The van der Waals surface area contributed by atoms with E-state index in [1.54, 1.807) is 12.4 Å². The first kappa shape index (κ1) is 12.7. The van der Waals surface area contributed by atoms with E-state index in [1.807, 2.05) is 6.92 Å². The van der Waals surface area contributed by atoms with Crippen molar-refractivity contribution in [2.45, 2.75) is 34.1 Å². The van der Waals surface area contributed by atoms with E-state index < -0.39 is 0 Å². The van der Waals surface area contributed by atoms with Crippen molar-refractivity contribution in [3.05, 3.63) is 12.4 Å². The fourth-order valence-electron chi connectivity index (χ4n) is 1.15. The Morgan fingerprint density at radius 2 is 2.06 bits per heavy atom. The molecule has 0 saturated heterocycles. The second-order valence-electron chi connectivity index (χ2n) is 4.93. The van der Waals surface area contributed by atoms with Gasteiger partial charge in [0.2, 0.25) is 5.88 Å². The molecule has 0 spiro atoms. The second kappa shape index (κ2) is 5.68. The van der Waals surface area contributed by atoms with E-state index in [-0.39, 0.29) is 5.41 Å². The van der Waals surface area contributed by atoms with Crippen LogP contribution in [-0.2, 0) is 0 Å². The van der Waals surface area contributed by atoms with Gasteiger partial charge in [-0.3, -0.25) is 4.98 Å². The van der Waals surface area contributed by atoms with E-state index in [9.17, 15) is 0 Å². The predicted molar refractivity (Wildman–Crippen MR) is 65.8 cm³/mol. The average Bonchev–Trinajstić information content (AvgIpc) is 2.17. The monoisotopic (exact) mass is 223 g/mol. The Hall–Kier alpha value is -1.32. The lowest BCUT2D eigenvalue weighted by Gasteiger charge is -2.17. The van der Waals surface area contributed by atoms with Gasteiger partial charge in [0.1, 0.15) is 5.82 Å². The first-order valence-electron chi connectivity index (χ1n) is 5.70. The fourth-order valence-corrected chi connectivity index (χ4v) is 1.15.